The van der Waals surface area contributed by atoms with Crippen LogP contribution in [-0.2, 0) is 22.5 Å². The lowest BCUT2D eigenvalue weighted by Crippen LogP contribution is -2.30. The van der Waals surface area contributed by atoms with Crippen molar-refractivity contribution in [3.63, 3.8) is 0 Å². The molecule has 0 bridgehead atoms. The predicted octanol–water partition coefficient (Wildman–Crippen LogP) is 3.40. The van der Waals surface area contributed by atoms with Crippen LogP contribution in [-0.4, -0.2) is 28.5 Å². The van der Waals surface area contributed by atoms with Crippen LogP contribution in [0.5, 0.6) is 0 Å². The number of hydrogen-bond acceptors (Lipinski definition) is 6. The van der Waals surface area contributed by atoms with Crippen LogP contribution in [0.25, 0.3) is 10.2 Å². The Hall–Kier alpha value is -2.71. The van der Waals surface area contributed by atoms with E-state index in [2.05, 4.69) is 10.3 Å². The number of fused-ring (bicyclic) bond motifs is 2. The summed E-state index contributed by atoms with van der Waals surface area (Å²) < 4.78 is 6.47. The third-order valence-electron chi connectivity index (χ3n) is 5.30. The Morgan fingerprint density at radius 1 is 1.37 bits per heavy atom. The van der Waals surface area contributed by atoms with Crippen molar-refractivity contribution in [2.24, 2.45) is 0 Å². The summed E-state index contributed by atoms with van der Waals surface area (Å²) in [4.78, 5) is 43.5. The molecule has 156 valence electrons. The van der Waals surface area contributed by atoms with Gasteiger partial charge in [-0.1, -0.05) is 29.8 Å². The molecule has 30 heavy (non-hydrogen) atoms. The van der Waals surface area contributed by atoms with Crippen LogP contribution in [0.15, 0.2) is 29.1 Å². The van der Waals surface area contributed by atoms with Crippen molar-refractivity contribution in [2.75, 3.05) is 7.11 Å². The maximum Gasteiger partial charge on any atom is 0.307 e. The van der Waals surface area contributed by atoms with Crippen molar-refractivity contribution < 1.29 is 14.3 Å². The minimum atomic E-state index is -0.665. The molecular weight excluding hydrogens is 426 g/mol. The van der Waals surface area contributed by atoms with E-state index in [1.54, 1.807) is 35.8 Å². The minimum Gasteiger partial charge on any atom is -0.469 e. The van der Waals surface area contributed by atoms with Gasteiger partial charge in [0.15, 0.2) is 0 Å². The Balaban J connectivity index is 1.71. The zero-order chi connectivity index (χ0) is 21.4. The van der Waals surface area contributed by atoms with Crippen molar-refractivity contribution in [1.29, 1.82) is 0 Å². The standard InChI is InChI=1S/C21H20ClN3O4S/c1-11-17-20(24-15-8-5-9-25(15)21(17)28)30-18(11)19(27)23-14(10-16(26)29-2)12-6-3-4-7-13(12)22/h3-4,6-7,14H,5,8-10H2,1-2H3,(H,23,27)/t14-/m0/s1. The van der Waals surface area contributed by atoms with Gasteiger partial charge in [0.25, 0.3) is 11.5 Å². The molecule has 0 fully saturated rings. The first kappa shape index (κ1) is 20.6. The number of hydrogen-bond donors (Lipinski definition) is 1. The van der Waals surface area contributed by atoms with Gasteiger partial charge in [0, 0.05) is 18.0 Å². The van der Waals surface area contributed by atoms with E-state index >= 15 is 0 Å². The second kappa shape index (κ2) is 8.20. The molecule has 0 unspecified atom stereocenters. The van der Waals surface area contributed by atoms with Gasteiger partial charge in [-0.3, -0.25) is 19.0 Å². The maximum atomic E-state index is 13.1. The summed E-state index contributed by atoms with van der Waals surface area (Å²) >= 11 is 7.49. The van der Waals surface area contributed by atoms with E-state index in [9.17, 15) is 14.4 Å². The van der Waals surface area contributed by atoms with E-state index in [0.717, 1.165) is 18.7 Å². The largest absolute Gasteiger partial charge is 0.469 e. The van der Waals surface area contributed by atoms with Gasteiger partial charge in [-0.05, 0) is 30.5 Å². The second-order valence-electron chi connectivity index (χ2n) is 7.15. The highest BCUT2D eigenvalue weighted by Crippen LogP contribution is 2.30. The topological polar surface area (TPSA) is 90.3 Å². The summed E-state index contributed by atoms with van der Waals surface area (Å²) in [6.07, 6.45) is 1.60. The third-order valence-corrected chi connectivity index (χ3v) is 6.83. The summed E-state index contributed by atoms with van der Waals surface area (Å²) in [5.41, 5.74) is 1.12. The number of aryl methyl sites for hydroxylation is 2. The van der Waals surface area contributed by atoms with Gasteiger partial charge in [0.2, 0.25) is 0 Å². The Bertz CT molecular complexity index is 1220. The maximum absolute atomic E-state index is 13.1. The number of aromatic nitrogens is 2. The molecule has 0 aliphatic carbocycles. The molecule has 0 saturated heterocycles. The normalized spacial score (nSPS) is 13.8. The first-order valence-corrected chi connectivity index (χ1v) is 10.7. The van der Waals surface area contributed by atoms with Crippen LogP contribution in [0.2, 0.25) is 5.02 Å². The van der Waals surface area contributed by atoms with E-state index < -0.39 is 12.0 Å². The highest BCUT2D eigenvalue weighted by atomic mass is 35.5. The number of carbonyl (C=O) groups is 2. The number of nitrogens with zero attached hydrogens (tertiary/aromatic N) is 2. The lowest BCUT2D eigenvalue weighted by molar-refractivity contribution is -0.141. The number of amides is 1. The van der Waals surface area contributed by atoms with Crippen molar-refractivity contribution in [3.8, 4) is 0 Å². The molecule has 0 spiro atoms. The van der Waals surface area contributed by atoms with Crippen molar-refractivity contribution >= 4 is 45.0 Å². The monoisotopic (exact) mass is 445 g/mol. The number of halogens is 1. The first-order valence-electron chi connectivity index (χ1n) is 9.55. The van der Waals surface area contributed by atoms with Gasteiger partial charge in [0.05, 0.1) is 29.8 Å². The van der Waals surface area contributed by atoms with Crippen LogP contribution in [0.1, 0.15) is 45.5 Å². The Morgan fingerprint density at radius 3 is 2.87 bits per heavy atom. The number of thiophene rings is 1. The number of esters is 1. The first-order chi connectivity index (χ1) is 14.4. The van der Waals surface area contributed by atoms with Crippen molar-refractivity contribution in [1.82, 2.24) is 14.9 Å². The summed E-state index contributed by atoms with van der Waals surface area (Å²) in [7, 11) is 1.29. The average Bonchev–Trinajstić information content (AvgIpc) is 3.33. The molecule has 1 N–H and O–H groups in total. The number of methoxy groups -OCH3 is 1. The second-order valence-corrected chi connectivity index (χ2v) is 8.56. The average molecular weight is 446 g/mol. The summed E-state index contributed by atoms with van der Waals surface area (Å²) in [5.74, 6) is -0.0844. The van der Waals surface area contributed by atoms with Crippen LogP contribution < -0.4 is 10.9 Å². The van der Waals surface area contributed by atoms with Gasteiger partial charge < -0.3 is 10.1 Å². The summed E-state index contributed by atoms with van der Waals surface area (Å²) in [6, 6.07) is 6.35. The zero-order valence-corrected chi connectivity index (χ0v) is 18.1. The van der Waals surface area contributed by atoms with E-state index in [1.807, 2.05) is 0 Å². The Labute approximate surface area is 181 Å². The smallest absolute Gasteiger partial charge is 0.307 e. The third kappa shape index (κ3) is 3.61. The number of ether oxygens (including phenoxy) is 1. The van der Waals surface area contributed by atoms with Crippen molar-refractivity contribution in [2.45, 2.75) is 38.8 Å². The van der Waals surface area contributed by atoms with Crippen molar-refractivity contribution in [3.05, 3.63) is 61.5 Å². The van der Waals surface area contributed by atoms with Crippen LogP contribution >= 0.6 is 22.9 Å². The molecule has 3 heterocycles. The molecule has 1 aliphatic heterocycles. The fourth-order valence-corrected chi connectivity index (χ4v) is 5.12. The summed E-state index contributed by atoms with van der Waals surface area (Å²) in [6.45, 7) is 2.41. The summed E-state index contributed by atoms with van der Waals surface area (Å²) in [5, 5.41) is 3.81. The Morgan fingerprint density at radius 2 is 2.13 bits per heavy atom. The molecule has 1 atom stereocenters. The number of nitrogens with one attached hydrogen (secondary N) is 1. The molecule has 9 heteroatoms. The number of rotatable bonds is 5. The molecule has 4 rings (SSSR count). The molecular formula is C21H20ClN3O4S. The van der Waals surface area contributed by atoms with Gasteiger partial charge in [-0.25, -0.2) is 4.98 Å². The van der Waals surface area contributed by atoms with Gasteiger partial charge in [-0.15, -0.1) is 11.3 Å². The van der Waals surface area contributed by atoms with E-state index in [1.165, 1.54) is 18.4 Å². The van der Waals surface area contributed by atoms with E-state index in [4.69, 9.17) is 16.3 Å². The van der Waals surface area contributed by atoms with Gasteiger partial charge in [-0.2, -0.15) is 0 Å². The number of benzene rings is 1. The number of carbonyl (C=O) groups excluding carboxylic acids is 2. The van der Waals surface area contributed by atoms with Gasteiger partial charge in [0.1, 0.15) is 10.7 Å². The van der Waals surface area contributed by atoms with Crippen LogP contribution in [0.3, 0.4) is 0 Å². The van der Waals surface area contributed by atoms with E-state index in [-0.39, 0.29) is 17.9 Å². The molecule has 1 aliphatic rings. The van der Waals surface area contributed by atoms with Crippen LogP contribution in [0, 0.1) is 6.92 Å². The lowest BCUT2D eigenvalue weighted by atomic mass is 10.0. The molecule has 1 amide bonds. The molecule has 7 nitrogen and oxygen atoms in total. The lowest BCUT2D eigenvalue weighted by Gasteiger charge is -2.19. The predicted molar refractivity (Wildman–Crippen MR) is 115 cm³/mol. The fourth-order valence-electron chi connectivity index (χ4n) is 3.76. The quantitative estimate of drug-likeness (QED) is 0.608. The molecule has 2 aromatic heterocycles. The van der Waals surface area contributed by atoms with E-state index in [0.29, 0.717) is 37.8 Å². The van der Waals surface area contributed by atoms with Gasteiger partial charge >= 0.3 is 5.97 Å². The Kier molecular flexibility index (Phi) is 5.62. The van der Waals surface area contributed by atoms with Crippen LogP contribution in [0.4, 0.5) is 0 Å². The molecule has 0 radical (unpaired) electrons. The highest BCUT2D eigenvalue weighted by molar-refractivity contribution is 7.20. The molecule has 0 saturated carbocycles. The fraction of sp³-hybridized carbons (Fsp3) is 0.333. The SMILES string of the molecule is COC(=O)C[C@H](NC(=O)c1sc2nc3n(c(=O)c2c1C)CCC3)c1ccccc1Cl. The minimum absolute atomic E-state index is 0.0644. The zero-order valence-electron chi connectivity index (χ0n) is 16.5. The molecule has 1 aromatic carbocycles. The molecule has 3 aromatic rings. The highest BCUT2D eigenvalue weighted by Gasteiger charge is 2.26.